The quantitative estimate of drug-likeness (QED) is 0.814. The fraction of sp³-hybridized carbons (Fsp3) is 0.625. The Morgan fingerprint density at radius 2 is 2.12 bits per heavy atom. The zero-order valence-corrected chi connectivity index (χ0v) is 11.4. The number of benzene rings is 1. The van der Waals surface area contributed by atoms with E-state index >= 15 is 0 Å². The molecule has 1 aliphatic rings. The van der Waals surface area contributed by atoms with Gasteiger partial charge in [0.2, 0.25) is 0 Å². The smallest absolute Gasteiger partial charge is 0.00104 e. The first-order valence-electron chi connectivity index (χ1n) is 7.03. The van der Waals surface area contributed by atoms with E-state index < -0.39 is 0 Å². The summed E-state index contributed by atoms with van der Waals surface area (Å²) in [5, 5.41) is 3.58. The van der Waals surface area contributed by atoms with Gasteiger partial charge >= 0.3 is 0 Å². The molecular weight excluding hydrogens is 206 g/mol. The van der Waals surface area contributed by atoms with Crippen LogP contribution in [-0.4, -0.2) is 12.6 Å². The predicted octanol–water partition coefficient (Wildman–Crippen LogP) is 3.74. The standard InChI is InChI=1S/C16H25N/c1-4-13-6-5-7-14(10-13)16-9-8-15(16)11-17-12(2)3/h5-7,10,12,15-17H,4,8-9,11H2,1-3H3. The van der Waals surface area contributed by atoms with E-state index in [1.54, 1.807) is 5.56 Å². The van der Waals surface area contributed by atoms with E-state index in [0.717, 1.165) is 18.3 Å². The van der Waals surface area contributed by atoms with Crippen LogP contribution in [0.15, 0.2) is 24.3 Å². The average molecular weight is 231 g/mol. The minimum absolute atomic E-state index is 0.609. The first-order valence-corrected chi connectivity index (χ1v) is 7.03. The maximum Gasteiger partial charge on any atom is 0.00104 e. The SMILES string of the molecule is CCc1cccc(C2CCC2CNC(C)C)c1. The molecule has 2 atom stereocenters. The molecule has 1 heteroatoms. The maximum atomic E-state index is 3.58. The highest BCUT2D eigenvalue weighted by atomic mass is 14.9. The van der Waals surface area contributed by atoms with Gasteiger partial charge in [-0.3, -0.25) is 0 Å². The van der Waals surface area contributed by atoms with E-state index in [2.05, 4.69) is 50.4 Å². The Kier molecular flexibility index (Phi) is 4.22. The molecule has 1 fully saturated rings. The third-order valence-electron chi connectivity index (χ3n) is 3.99. The summed E-state index contributed by atoms with van der Waals surface area (Å²) in [7, 11) is 0. The normalized spacial score (nSPS) is 23.8. The first kappa shape index (κ1) is 12.6. The second kappa shape index (κ2) is 5.68. The Balaban J connectivity index is 1.97. The molecule has 2 unspecified atom stereocenters. The van der Waals surface area contributed by atoms with E-state index in [-0.39, 0.29) is 0 Å². The van der Waals surface area contributed by atoms with E-state index in [4.69, 9.17) is 0 Å². The summed E-state index contributed by atoms with van der Waals surface area (Å²) in [5.41, 5.74) is 3.04. The van der Waals surface area contributed by atoms with Crippen LogP contribution in [0.5, 0.6) is 0 Å². The molecule has 0 aromatic heterocycles. The average Bonchev–Trinajstić information content (AvgIpc) is 2.27. The molecule has 0 bridgehead atoms. The van der Waals surface area contributed by atoms with Crippen molar-refractivity contribution in [1.82, 2.24) is 5.32 Å². The van der Waals surface area contributed by atoms with Crippen LogP contribution in [0.25, 0.3) is 0 Å². The minimum Gasteiger partial charge on any atom is -0.314 e. The summed E-state index contributed by atoms with van der Waals surface area (Å²) >= 11 is 0. The molecule has 1 aromatic rings. The van der Waals surface area contributed by atoms with Crippen LogP contribution in [0.1, 0.15) is 50.7 Å². The van der Waals surface area contributed by atoms with E-state index in [9.17, 15) is 0 Å². The molecule has 0 amide bonds. The monoisotopic (exact) mass is 231 g/mol. The molecule has 1 aromatic carbocycles. The Morgan fingerprint density at radius 1 is 1.29 bits per heavy atom. The number of nitrogens with one attached hydrogen (secondary N) is 1. The van der Waals surface area contributed by atoms with Gasteiger partial charge in [0.05, 0.1) is 0 Å². The summed E-state index contributed by atoms with van der Waals surface area (Å²) in [5.74, 6) is 1.65. The molecule has 1 nitrogen and oxygen atoms in total. The predicted molar refractivity (Wildman–Crippen MR) is 74.4 cm³/mol. The topological polar surface area (TPSA) is 12.0 Å². The van der Waals surface area contributed by atoms with Gasteiger partial charge in [0.15, 0.2) is 0 Å². The highest BCUT2D eigenvalue weighted by molar-refractivity contribution is 5.28. The largest absolute Gasteiger partial charge is 0.314 e. The van der Waals surface area contributed by atoms with Gasteiger partial charge in [0, 0.05) is 6.04 Å². The first-order chi connectivity index (χ1) is 8.20. The third kappa shape index (κ3) is 3.10. The lowest BCUT2D eigenvalue weighted by Gasteiger charge is -2.38. The van der Waals surface area contributed by atoms with Crippen LogP contribution < -0.4 is 5.32 Å². The van der Waals surface area contributed by atoms with Crippen molar-refractivity contribution in [3.8, 4) is 0 Å². The summed E-state index contributed by atoms with van der Waals surface area (Å²) < 4.78 is 0. The van der Waals surface area contributed by atoms with Gasteiger partial charge in [0.1, 0.15) is 0 Å². The zero-order valence-electron chi connectivity index (χ0n) is 11.4. The van der Waals surface area contributed by atoms with Gasteiger partial charge in [0.25, 0.3) is 0 Å². The molecule has 0 aliphatic heterocycles. The Bertz CT molecular complexity index is 356. The van der Waals surface area contributed by atoms with Crippen molar-refractivity contribution in [3.05, 3.63) is 35.4 Å². The van der Waals surface area contributed by atoms with Gasteiger partial charge in [-0.05, 0) is 48.8 Å². The number of rotatable bonds is 5. The second-order valence-corrected chi connectivity index (χ2v) is 5.61. The molecule has 0 heterocycles. The minimum atomic E-state index is 0.609. The third-order valence-corrected chi connectivity index (χ3v) is 3.99. The number of aryl methyl sites for hydroxylation is 1. The summed E-state index contributed by atoms with van der Waals surface area (Å²) in [6.07, 6.45) is 3.91. The van der Waals surface area contributed by atoms with Crippen molar-refractivity contribution in [3.63, 3.8) is 0 Å². The molecule has 94 valence electrons. The van der Waals surface area contributed by atoms with Crippen LogP contribution >= 0.6 is 0 Å². The molecule has 1 N–H and O–H groups in total. The lowest BCUT2D eigenvalue weighted by Crippen LogP contribution is -2.36. The highest BCUT2D eigenvalue weighted by Crippen LogP contribution is 2.42. The van der Waals surface area contributed by atoms with Crippen LogP contribution in [0.4, 0.5) is 0 Å². The Labute approximate surface area is 106 Å². The van der Waals surface area contributed by atoms with Gasteiger partial charge in [-0.15, -0.1) is 0 Å². The summed E-state index contributed by atoms with van der Waals surface area (Å²) in [6.45, 7) is 7.87. The van der Waals surface area contributed by atoms with E-state index in [1.165, 1.54) is 24.9 Å². The molecule has 2 rings (SSSR count). The fourth-order valence-corrected chi connectivity index (χ4v) is 2.68. The molecule has 0 saturated heterocycles. The fourth-order valence-electron chi connectivity index (χ4n) is 2.68. The Morgan fingerprint density at radius 3 is 2.71 bits per heavy atom. The second-order valence-electron chi connectivity index (χ2n) is 5.61. The van der Waals surface area contributed by atoms with Crippen LogP contribution in [0.3, 0.4) is 0 Å². The van der Waals surface area contributed by atoms with Gasteiger partial charge in [-0.2, -0.15) is 0 Å². The molecule has 0 spiro atoms. The van der Waals surface area contributed by atoms with Crippen LogP contribution in [-0.2, 0) is 6.42 Å². The summed E-state index contributed by atoms with van der Waals surface area (Å²) in [6, 6.07) is 9.79. The lowest BCUT2D eigenvalue weighted by atomic mass is 9.69. The van der Waals surface area contributed by atoms with E-state index in [0.29, 0.717) is 6.04 Å². The molecule has 0 radical (unpaired) electrons. The summed E-state index contributed by atoms with van der Waals surface area (Å²) in [4.78, 5) is 0. The van der Waals surface area contributed by atoms with Gasteiger partial charge < -0.3 is 5.32 Å². The number of hydrogen-bond donors (Lipinski definition) is 1. The Hall–Kier alpha value is -0.820. The van der Waals surface area contributed by atoms with Crippen molar-refractivity contribution in [2.45, 2.75) is 52.0 Å². The van der Waals surface area contributed by atoms with Gasteiger partial charge in [-0.1, -0.05) is 45.0 Å². The van der Waals surface area contributed by atoms with Crippen molar-refractivity contribution < 1.29 is 0 Å². The van der Waals surface area contributed by atoms with Crippen molar-refractivity contribution in [1.29, 1.82) is 0 Å². The molecular formula is C16H25N. The maximum absolute atomic E-state index is 3.58. The number of hydrogen-bond acceptors (Lipinski definition) is 1. The van der Waals surface area contributed by atoms with Crippen molar-refractivity contribution >= 4 is 0 Å². The molecule has 17 heavy (non-hydrogen) atoms. The van der Waals surface area contributed by atoms with Crippen LogP contribution in [0.2, 0.25) is 0 Å². The zero-order chi connectivity index (χ0) is 12.3. The highest BCUT2D eigenvalue weighted by Gasteiger charge is 2.31. The molecule has 1 aliphatic carbocycles. The van der Waals surface area contributed by atoms with E-state index in [1.807, 2.05) is 0 Å². The van der Waals surface area contributed by atoms with Crippen molar-refractivity contribution in [2.24, 2.45) is 5.92 Å². The van der Waals surface area contributed by atoms with Gasteiger partial charge in [-0.25, -0.2) is 0 Å². The van der Waals surface area contributed by atoms with Crippen molar-refractivity contribution in [2.75, 3.05) is 6.54 Å². The van der Waals surface area contributed by atoms with Crippen LogP contribution in [0, 0.1) is 5.92 Å². The lowest BCUT2D eigenvalue weighted by molar-refractivity contribution is 0.240. The molecule has 1 saturated carbocycles.